The molecule has 0 bridgehead atoms. The summed E-state index contributed by atoms with van der Waals surface area (Å²) in [5, 5.41) is 1.19. The first-order chi connectivity index (χ1) is 9.65. The van der Waals surface area contributed by atoms with Crippen molar-refractivity contribution in [2.24, 2.45) is 0 Å². The predicted octanol–water partition coefficient (Wildman–Crippen LogP) is 5.59. The van der Waals surface area contributed by atoms with Gasteiger partial charge in [0.2, 0.25) is 0 Å². The van der Waals surface area contributed by atoms with Crippen LogP contribution in [-0.2, 0) is 6.42 Å². The van der Waals surface area contributed by atoms with Crippen molar-refractivity contribution in [3.05, 3.63) is 64.2 Å². The van der Waals surface area contributed by atoms with Gasteiger partial charge in [0.1, 0.15) is 0 Å². The molecule has 1 unspecified atom stereocenters. The van der Waals surface area contributed by atoms with E-state index in [1.165, 1.54) is 26.4 Å². The Balaban J connectivity index is 1.90. The molecule has 0 saturated carbocycles. The normalized spacial score (nSPS) is 12.8. The van der Waals surface area contributed by atoms with Gasteiger partial charge < -0.3 is 0 Å². The molecule has 3 rings (SSSR count). The highest BCUT2D eigenvalue weighted by atomic mass is 79.9. The molecule has 0 radical (unpaired) electrons. The molecule has 0 amide bonds. The second-order valence-corrected chi connectivity index (χ2v) is 7.27. The maximum Gasteiger partial charge on any atom is 0.0953 e. The summed E-state index contributed by atoms with van der Waals surface area (Å²) in [6, 6.07) is 14.8. The van der Waals surface area contributed by atoms with E-state index in [2.05, 4.69) is 66.2 Å². The topological polar surface area (TPSA) is 12.9 Å². The van der Waals surface area contributed by atoms with E-state index in [1.807, 2.05) is 6.07 Å². The molecule has 102 valence electrons. The minimum Gasteiger partial charge on any atom is -0.241 e. The lowest BCUT2D eigenvalue weighted by Gasteiger charge is -2.14. The van der Waals surface area contributed by atoms with Crippen molar-refractivity contribution < 1.29 is 0 Å². The number of rotatable bonds is 3. The van der Waals surface area contributed by atoms with Crippen molar-refractivity contribution >= 4 is 37.5 Å². The number of alkyl halides is 1. The first-order valence-corrected chi connectivity index (χ1v) is 8.43. The van der Waals surface area contributed by atoms with E-state index in [0.717, 1.165) is 11.9 Å². The minimum absolute atomic E-state index is 0.323. The number of thiazole rings is 1. The Kier molecular flexibility index (Phi) is 3.90. The zero-order valence-electron chi connectivity index (χ0n) is 11.6. The zero-order valence-corrected chi connectivity index (χ0v) is 14.0. The van der Waals surface area contributed by atoms with Crippen molar-refractivity contribution in [3.63, 3.8) is 0 Å². The fourth-order valence-corrected chi connectivity index (χ4v) is 4.84. The average Bonchev–Trinajstić information content (AvgIpc) is 2.80. The lowest BCUT2D eigenvalue weighted by atomic mass is 9.99. The number of nitrogens with zero attached hydrogens (tertiary/aromatic N) is 1. The number of hydrogen-bond donors (Lipinski definition) is 0. The average molecular weight is 346 g/mol. The van der Waals surface area contributed by atoms with E-state index < -0.39 is 0 Å². The maximum absolute atomic E-state index is 4.73. The Hall–Kier alpha value is -1.19. The van der Waals surface area contributed by atoms with Crippen molar-refractivity contribution in [3.8, 4) is 0 Å². The minimum atomic E-state index is 0.323. The third-order valence-corrected chi connectivity index (χ3v) is 5.39. The molecule has 1 atom stereocenters. The molecule has 0 aliphatic rings. The molecule has 20 heavy (non-hydrogen) atoms. The van der Waals surface area contributed by atoms with Gasteiger partial charge in [-0.15, -0.1) is 11.3 Å². The summed E-state index contributed by atoms with van der Waals surface area (Å²) in [6.07, 6.45) is 0.936. The van der Waals surface area contributed by atoms with Crippen LogP contribution in [0.1, 0.15) is 26.5 Å². The van der Waals surface area contributed by atoms with Gasteiger partial charge in [-0.3, -0.25) is 0 Å². The van der Waals surface area contributed by atoms with Gasteiger partial charge in [0, 0.05) is 11.2 Å². The van der Waals surface area contributed by atoms with Gasteiger partial charge in [-0.2, -0.15) is 0 Å². The van der Waals surface area contributed by atoms with Gasteiger partial charge in [0.05, 0.1) is 15.2 Å². The van der Waals surface area contributed by atoms with E-state index >= 15 is 0 Å². The molecule has 0 aliphatic heterocycles. The number of halogens is 1. The number of fused-ring (bicyclic) bond motifs is 1. The maximum atomic E-state index is 4.73. The van der Waals surface area contributed by atoms with Crippen molar-refractivity contribution in [2.75, 3.05) is 0 Å². The number of aryl methyl sites for hydroxylation is 2. The number of benzene rings is 2. The van der Waals surface area contributed by atoms with E-state index in [9.17, 15) is 0 Å². The molecular weight excluding hydrogens is 330 g/mol. The molecule has 0 saturated heterocycles. The molecule has 1 nitrogen and oxygen atoms in total. The van der Waals surface area contributed by atoms with Crippen LogP contribution < -0.4 is 0 Å². The Bertz CT molecular complexity index is 694. The lowest BCUT2D eigenvalue weighted by molar-refractivity contribution is 0.918. The van der Waals surface area contributed by atoms with Gasteiger partial charge in [-0.05, 0) is 42.7 Å². The van der Waals surface area contributed by atoms with Gasteiger partial charge in [-0.1, -0.05) is 46.3 Å². The molecule has 1 aromatic heterocycles. The van der Waals surface area contributed by atoms with E-state index in [-0.39, 0.29) is 0 Å². The largest absolute Gasteiger partial charge is 0.241 e. The Morgan fingerprint density at radius 2 is 1.75 bits per heavy atom. The lowest BCUT2D eigenvalue weighted by Crippen LogP contribution is -2.00. The van der Waals surface area contributed by atoms with Crippen LogP contribution in [0, 0.1) is 13.8 Å². The smallest absolute Gasteiger partial charge is 0.0953 e. The van der Waals surface area contributed by atoms with Crippen LogP contribution in [0.3, 0.4) is 0 Å². The van der Waals surface area contributed by atoms with E-state index in [1.54, 1.807) is 11.3 Å². The van der Waals surface area contributed by atoms with Crippen LogP contribution in [0.25, 0.3) is 10.2 Å². The van der Waals surface area contributed by atoms with Crippen molar-refractivity contribution in [1.82, 2.24) is 4.98 Å². The zero-order chi connectivity index (χ0) is 14.1. The standard InChI is InChI=1S/C17H16BrNS/c1-11-6-5-7-12(2)17(11)13(18)10-16-19-14-8-3-4-9-15(14)20-16/h3-9,13H,10H2,1-2H3. The SMILES string of the molecule is Cc1cccc(C)c1C(Br)Cc1nc2ccccc2s1. The van der Waals surface area contributed by atoms with Crippen LogP contribution in [0.15, 0.2) is 42.5 Å². The molecule has 0 aliphatic carbocycles. The second-order valence-electron chi connectivity index (χ2n) is 5.05. The fourth-order valence-electron chi connectivity index (χ4n) is 2.58. The number of para-hydroxylation sites is 1. The summed E-state index contributed by atoms with van der Waals surface area (Å²) in [4.78, 5) is 5.05. The molecular formula is C17H16BrNS. The Morgan fingerprint density at radius 1 is 1.05 bits per heavy atom. The second kappa shape index (κ2) is 5.66. The molecule has 0 N–H and O–H groups in total. The first kappa shape index (κ1) is 13.8. The third kappa shape index (κ3) is 2.65. The van der Waals surface area contributed by atoms with Crippen LogP contribution >= 0.6 is 27.3 Å². The van der Waals surface area contributed by atoms with Crippen LogP contribution in [0.2, 0.25) is 0 Å². The fraction of sp³-hybridized carbons (Fsp3) is 0.235. The summed E-state index contributed by atoms with van der Waals surface area (Å²) in [5.41, 5.74) is 5.18. The Morgan fingerprint density at radius 3 is 2.45 bits per heavy atom. The number of hydrogen-bond acceptors (Lipinski definition) is 2. The summed E-state index contributed by atoms with van der Waals surface area (Å²) in [5.74, 6) is 0. The summed E-state index contributed by atoms with van der Waals surface area (Å²) < 4.78 is 1.27. The molecule has 1 heterocycles. The summed E-state index contributed by atoms with van der Waals surface area (Å²) in [6.45, 7) is 4.35. The van der Waals surface area contributed by atoms with Crippen molar-refractivity contribution in [2.45, 2.75) is 25.1 Å². The molecule has 3 aromatic rings. The summed E-state index contributed by atoms with van der Waals surface area (Å²) in [7, 11) is 0. The molecule has 0 fully saturated rings. The predicted molar refractivity (Wildman–Crippen MR) is 90.9 cm³/mol. The molecule has 2 aromatic carbocycles. The third-order valence-electron chi connectivity index (χ3n) is 3.55. The molecule has 0 spiro atoms. The van der Waals surface area contributed by atoms with E-state index in [0.29, 0.717) is 4.83 Å². The highest BCUT2D eigenvalue weighted by molar-refractivity contribution is 9.09. The monoisotopic (exact) mass is 345 g/mol. The van der Waals surface area contributed by atoms with Crippen molar-refractivity contribution in [1.29, 1.82) is 0 Å². The van der Waals surface area contributed by atoms with Crippen LogP contribution in [-0.4, -0.2) is 4.98 Å². The first-order valence-electron chi connectivity index (χ1n) is 6.70. The highest BCUT2D eigenvalue weighted by Gasteiger charge is 2.15. The molecule has 3 heteroatoms. The van der Waals surface area contributed by atoms with E-state index in [4.69, 9.17) is 4.98 Å². The van der Waals surface area contributed by atoms with Gasteiger partial charge in [0.25, 0.3) is 0 Å². The quantitative estimate of drug-likeness (QED) is 0.563. The number of aromatic nitrogens is 1. The Labute approximate surface area is 131 Å². The summed E-state index contributed by atoms with van der Waals surface area (Å²) >= 11 is 5.64. The van der Waals surface area contributed by atoms with Gasteiger partial charge >= 0.3 is 0 Å². The van der Waals surface area contributed by atoms with Crippen LogP contribution in [0.5, 0.6) is 0 Å². The highest BCUT2D eigenvalue weighted by Crippen LogP contribution is 2.34. The van der Waals surface area contributed by atoms with Crippen LogP contribution in [0.4, 0.5) is 0 Å². The van der Waals surface area contributed by atoms with Gasteiger partial charge in [-0.25, -0.2) is 4.98 Å². The van der Waals surface area contributed by atoms with Gasteiger partial charge in [0.15, 0.2) is 0 Å².